The van der Waals surface area contributed by atoms with Crippen LogP contribution in [0.4, 0.5) is 0 Å². The minimum atomic E-state index is -0.187. The second kappa shape index (κ2) is 8.83. The Labute approximate surface area is 157 Å². The first kappa shape index (κ1) is 18.4. The van der Waals surface area contributed by atoms with Crippen LogP contribution in [0.1, 0.15) is 17.2 Å². The first-order valence-electron chi connectivity index (χ1n) is 8.57. The van der Waals surface area contributed by atoms with Gasteiger partial charge in [-0.05, 0) is 23.3 Å². The van der Waals surface area contributed by atoms with Crippen molar-refractivity contribution in [3.8, 4) is 0 Å². The quantitative estimate of drug-likeness (QED) is 0.877. The van der Waals surface area contributed by atoms with Crippen molar-refractivity contribution < 1.29 is 14.3 Å². The summed E-state index contributed by atoms with van der Waals surface area (Å²) >= 11 is 5.83. The predicted octanol–water partition coefficient (Wildman–Crippen LogP) is 2.60. The molecule has 0 bridgehead atoms. The molecule has 1 fully saturated rings. The number of hydrogen-bond donors (Lipinski definition) is 1. The molecule has 0 aromatic heterocycles. The first-order valence-corrected chi connectivity index (χ1v) is 8.95. The van der Waals surface area contributed by atoms with E-state index in [0.717, 1.165) is 11.1 Å². The minimum Gasteiger partial charge on any atom is -0.370 e. The highest BCUT2D eigenvalue weighted by atomic mass is 35.5. The molecule has 1 atom stereocenters. The van der Waals surface area contributed by atoms with Gasteiger partial charge in [0.2, 0.25) is 11.8 Å². The van der Waals surface area contributed by atoms with Crippen LogP contribution in [0.25, 0.3) is 0 Å². The topological polar surface area (TPSA) is 58.6 Å². The van der Waals surface area contributed by atoms with Gasteiger partial charge in [0, 0.05) is 11.6 Å². The fourth-order valence-electron chi connectivity index (χ4n) is 2.88. The number of carbonyl (C=O) groups is 2. The second-order valence-electron chi connectivity index (χ2n) is 6.19. The Balaban J connectivity index is 1.48. The first-order chi connectivity index (χ1) is 12.6. The van der Waals surface area contributed by atoms with Crippen molar-refractivity contribution in [2.45, 2.75) is 12.5 Å². The van der Waals surface area contributed by atoms with E-state index in [0.29, 0.717) is 24.7 Å². The van der Waals surface area contributed by atoms with E-state index in [9.17, 15) is 9.59 Å². The van der Waals surface area contributed by atoms with Gasteiger partial charge in [0.15, 0.2) is 0 Å². The number of hydrogen-bond acceptors (Lipinski definition) is 3. The molecule has 0 unspecified atom stereocenters. The number of rotatable bonds is 5. The number of morpholine rings is 1. The number of amides is 2. The Morgan fingerprint density at radius 1 is 1.12 bits per heavy atom. The number of carbonyl (C=O) groups excluding carboxylic acids is 2. The van der Waals surface area contributed by atoms with Crippen molar-refractivity contribution >= 4 is 23.4 Å². The van der Waals surface area contributed by atoms with Crippen molar-refractivity contribution in [2.75, 3.05) is 26.2 Å². The van der Waals surface area contributed by atoms with E-state index >= 15 is 0 Å². The summed E-state index contributed by atoms with van der Waals surface area (Å²) in [5.41, 5.74) is 1.91. The molecular formula is C20H21ClN2O3. The lowest BCUT2D eigenvalue weighted by Crippen LogP contribution is -2.46. The zero-order valence-corrected chi connectivity index (χ0v) is 15.1. The fourth-order valence-corrected chi connectivity index (χ4v) is 3.01. The largest absolute Gasteiger partial charge is 0.370 e. The molecule has 1 N–H and O–H groups in total. The number of benzene rings is 2. The molecule has 2 aromatic carbocycles. The molecule has 0 radical (unpaired) electrons. The zero-order valence-electron chi connectivity index (χ0n) is 14.4. The number of ether oxygens (including phenoxy) is 1. The maximum atomic E-state index is 12.4. The summed E-state index contributed by atoms with van der Waals surface area (Å²) in [5, 5.41) is 3.32. The van der Waals surface area contributed by atoms with E-state index in [1.807, 2.05) is 30.3 Å². The lowest BCUT2D eigenvalue weighted by molar-refractivity contribution is -0.139. The van der Waals surface area contributed by atoms with E-state index in [2.05, 4.69) is 5.32 Å². The fraction of sp³-hybridized carbons (Fsp3) is 0.300. The Hall–Kier alpha value is -2.37. The van der Waals surface area contributed by atoms with Crippen LogP contribution in [0.15, 0.2) is 54.6 Å². The van der Waals surface area contributed by atoms with Crippen molar-refractivity contribution in [3.63, 3.8) is 0 Å². The van der Waals surface area contributed by atoms with Crippen LogP contribution >= 0.6 is 11.6 Å². The second-order valence-corrected chi connectivity index (χ2v) is 6.63. The predicted molar refractivity (Wildman–Crippen MR) is 99.9 cm³/mol. The summed E-state index contributed by atoms with van der Waals surface area (Å²) in [6.45, 7) is 1.52. The molecule has 26 heavy (non-hydrogen) atoms. The van der Waals surface area contributed by atoms with Gasteiger partial charge in [-0.3, -0.25) is 9.59 Å². The molecule has 136 valence electrons. The van der Waals surface area contributed by atoms with Crippen molar-refractivity contribution in [2.24, 2.45) is 0 Å². The molecule has 1 saturated heterocycles. The van der Waals surface area contributed by atoms with Crippen LogP contribution in [0.2, 0.25) is 5.02 Å². The van der Waals surface area contributed by atoms with Crippen LogP contribution in [0, 0.1) is 0 Å². The number of nitrogens with zero attached hydrogens (tertiary/aromatic N) is 1. The smallest absolute Gasteiger partial charge is 0.242 e. The summed E-state index contributed by atoms with van der Waals surface area (Å²) in [5.74, 6) is -0.285. The molecule has 2 amide bonds. The summed E-state index contributed by atoms with van der Waals surface area (Å²) in [4.78, 5) is 26.2. The average Bonchev–Trinajstić information content (AvgIpc) is 2.69. The van der Waals surface area contributed by atoms with Gasteiger partial charge in [0.05, 0.1) is 26.1 Å². The van der Waals surface area contributed by atoms with E-state index in [4.69, 9.17) is 16.3 Å². The van der Waals surface area contributed by atoms with Gasteiger partial charge < -0.3 is 15.0 Å². The van der Waals surface area contributed by atoms with Crippen molar-refractivity contribution in [1.29, 1.82) is 0 Å². The van der Waals surface area contributed by atoms with E-state index in [-0.39, 0.29) is 30.9 Å². The Bertz CT molecular complexity index is 749. The highest BCUT2D eigenvalue weighted by Gasteiger charge is 2.25. The van der Waals surface area contributed by atoms with Gasteiger partial charge in [-0.2, -0.15) is 0 Å². The summed E-state index contributed by atoms with van der Waals surface area (Å²) in [7, 11) is 0. The maximum Gasteiger partial charge on any atom is 0.242 e. The Kier molecular flexibility index (Phi) is 6.26. The summed E-state index contributed by atoms with van der Waals surface area (Å²) < 4.78 is 5.77. The average molecular weight is 373 g/mol. The third-order valence-electron chi connectivity index (χ3n) is 4.31. The molecule has 5 nitrogen and oxygen atoms in total. The standard InChI is InChI=1S/C20H21ClN2O3/c21-17-8-6-15(7-9-17)12-19(24)22-13-20(25)23-10-11-26-18(14-23)16-4-2-1-3-5-16/h1-9,18H,10-14H2,(H,22,24)/t18-/m1/s1. The molecule has 0 saturated carbocycles. The molecule has 1 heterocycles. The van der Waals surface area contributed by atoms with Crippen LogP contribution in [-0.4, -0.2) is 43.0 Å². The lowest BCUT2D eigenvalue weighted by Gasteiger charge is -2.33. The van der Waals surface area contributed by atoms with Crippen molar-refractivity contribution in [1.82, 2.24) is 10.2 Å². The Morgan fingerprint density at radius 2 is 1.85 bits per heavy atom. The summed E-state index contributed by atoms with van der Waals surface area (Å²) in [6.07, 6.45) is 0.0962. The Morgan fingerprint density at radius 3 is 2.58 bits per heavy atom. The summed E-state index contributed by atoms with van der Waals surface area (Å²) in [6, 6.07) is 16.9. The molecule has 0 spiro atoms. The van der Waals surface area contributed by atoms with Gasteiger partial charge in [-0.25, -0.2) is 0 Å². The van der Waals surface area contributed by atoms with Gasteiger partial charge in [0.25, 0.3) is 0 Å². The minimum absolute atomic E-state index is 0.00602. The highest BCUT2D eigenvalue weighted by Crippen LogP contribution is 2.21. The van der Waals surface area contributed by atoms with Crippen LogP contribution in [-0.2, 0) is 20.7 Å². The third kappa shape index (κ3) is 5.07. The van der Waals surface area contributed by atoms with E-state index in [1.165, 1.54) is 0 Å². The molecule has 0 aliphatic carbocycles. The maximum absolute atomic E-state index is 12.4. The molecular weight excluding hydrogens is 352 g/mol. The number of halogens is 1. The van der Waals surface area contributed by atoms with Crippen LogP contribution in [0.3, 0.4) is 0 Å². The van der Waals surface area contributed by atoms with Gasteiger partial charge in [0.1, 0.15) is 6.10 Å². The third-order valence-corrected chi connectivity index (χ3v) is 4.56. The van der Waals surface area contributed by atoms with Gasteiger partial charge in [-0.15, -0.1) is 0 Å². The lowest BCUT2D eigenvalue weighted by atomic mass is 10.1. The normalized spacial score (nSPS) is 17.0. The van der Waals surface area contributed by atoms with Gasteiger partial charge in [-0.1, -0.05) is 54.1 Å². The molecule has 6 heteroatoms. The van der Waals surface area contributed by atoms with Crippen molar-refractivity contribution in [3.05, 3.63) is 70.7 Å². The monoisotopic (exact) mass is 372 g/mol. The molecule has 2 aromatic rings. The van der Waals surface area contributed by atoms with Crippen LogP contribution in [0.5, 0.6) is 0 Å². The molecule has 3 rings (SSSR count). The number of nitrogens with one attached hydrogen (secondary N) is 1. The molecule has 1 aliphatic rings. The van der Waals surface area contributed by atoms with Crippen LogP contribution < -0.4 is 5.32 Å². The zero-order chi connectivity index (χ0) is 18.4. The van der Waals surface area contributed by atoms with E-state index in [1.54, 1.807) is 29.2 Å². The molecule has 1 aliphatic heterocycles. The SMILES string of the molecule is O=C(Cc1ccc(Cl)cc1)NCC(=O)N1CCO[C@@H](c2ccccc2)C1. The highest BCUT2D eigenvalue weighted by molar-refractivity contribution is 6.30. The van der Waals surface area contributed by atoms with Gasteiger partial charge >= 0.3 is 0 Å². The van der Waals surface area contributed by atoms with E-state index < -0.39 is 0 Å².